The molecule has 0 aliphatic heterocycles. The van der Waals surface area contributed by atoms with Gasteiger partial charge in [0.2, 0.25) is 0 Å². The van der Waals surface area contributed by atoms with Crippen molar-refractivity contribution in [2.24, 2.45) is 5.73 Å². The van der Waals surface area contributed by atoms with E-state index < -0.39 is 6.10 Å². The molecule has 0 aliphatic carbocycles. The Labute approximate surface area is 77.8 Å². The summed E-state index contributed by atoms with van der Waals surface area (Å²) in [6.45, 7) is 1.65. The van der Waals surface area contributed by atoms with Gasteiger partial charge in [-0.15, -0.1) is 0 Å². The number of aliphatic hydroxyl groups excluding tert-OH is 2. The van der Waals surface area contributed by atoms with Crippen LogP contribution in [0.15, 0.2) is 24.3 Å². The van der Waals surface area contributed by atoms with E-state index in [0.29, 0.717) is 0 Å². The Bertz CT molecular complexity index is 273. The van der Waals surface area contributed by atoms with Crippen molar-refractivity contribution in [2.75, 3.05) is 0 Å². The average molecular weight is 181 g/mol. The minimum Gasteiger partial charge on any atom is -0.392 e. The maximum Gasteiger partial charge on any atom is 0.0704 e. The molecule has 4 N–H and O–H groups in total. The molecule has 0 aliphatic rings. The first-order valence-electron chi connectivity index (χ1n) is 4.28. The third-order valence-corrected chi connectivity index (χ3v) is 2.04. The summed E-state index contributed by atoms with van der Waals surface area (Å²) in [6, 6.07) is 6.90. The standard InChI is InChI=1S/C10H15NO2/c1-7(13)10(11)9-4-2-3-8(5-9)6-12/h2-5,7,10,12-13H,6,11H2,1H3/t7-,10+/m0/s1. The Hall–Kier alpha value is -0.900. The van der Waals surface area contributed by atoms with Gasteiger partial charge in [-0.05, 0) is 18.1 Å². The number of benzene rings is 1. The molecule has 1 aromatic carbocycles. The molecule has 0 bridgehead atoms. The Morgan fingerprint density at radius 3 is 2.69 bits per heavy atom. The minimum atomic E-state index is -0.575. The smallest absolute Gasteiger partial charge is 0.0704 e. The lowest BCUT2D eigenvalue weighted by Crippen LogP contribution is -2.23. The van der Waals surface area contributed by atoms with Crippen molar-refractivity contribution in [3.63, 3.8) is 0 Å². The summed E-state index contributed by atoms with van der Waals surface area (Å²) < 4.78 is 0. The number of hydrogen-bond acceptors (Lipinski definition) is 3. The lowest BCUT2D eigenvalue weighted by atomic mass is 10.0. The topological polar surface area (TPSA) is 66.5 Å². The molecule has 13 heavy (non-hydrogen) atoms. The normalized spacial score (nSPS) is 15.4. The van der Waals surface area contributed by atoms with Crippen LogP contribution in [-0.2, 0) is 6.61 Å². The Morgan fingerprint density at radius 2 is 2.15 bits per heavy atom. The molecule has 0 aromatic heterocycles. The van der Waals surface area contributed by atoms with Crippen LogP contribution in [0, 0.1) is 0 Å². The van der Waals surface area contributed by atoms with E-state index in [1.54, 1.807) is 13.0 Å². The highest BCUT2D eigenvalue weighted by Crippen LogP contribution is 2.15. The van der Waals surface area contributed by atoms with E-state index in [9.17, 15) is 5.11 Å². The van der Waals surface area contributed by atoms with Crippen molar-refractivity contribution in [1.29, 1.82) is 0 Å². The summed E-state index contributed by atoms with van der Waals surface area (Å²) in [5.41, 5.74) is 7.39. The van der Waals surface area contributed by atoms with Crippen LogP contribution in [0.25, 0.3) is 0 Å². The maximum absolute atomic E-state index is 9.25. The monoisotopic (exact) mass is 181 g/mol. The molecule has 3 heteroatoms. The molecule has 0 unspecified atom stereocenters. The fourth-order valence-electron chi connectivity index (χ4n) is 1.18. The Kier molecular flexibility index (Phi) is 3.42. The maximum atomic E-state index is 9.25. The molecule has 0 fully saturated rings. The van der Waals surface area contributed by atoms with Crippen LogP contribution < -0.4 is 5.73 Å². The molecule has 0 saturated heterocycles. The van der Waals surface area contributed by atoms with Gasteiger partial charge in [-0.2, -0.15) is 0 Å². The van der Waals surface area contributed by atoms with E-state index in [2.05, 4.69) is 0 Å². The van der Waals surface area contributed by atoms with Crippen LogP contribution >= 0.6 is 0 Å². The number of nitrogens with two attached hydrogens (primary N) is 1. The average Bonchev–Trinajstić information content (AvgIpc) is 2.16. The van der Waals surface area contributed by atoms with Gasteiger partial charge in [0.25, 0.3) is 0 Å². The SMILES string of the molecule is C[C@H](O)[C@@H](N)c1cccc(CO)c1. The van der Waals surface area contributed by atoms with Gasteiger partial charge in [0.05, 0.1) is 18.8 Å². The zero-order valence-electron chi connectivity index (χ0n) is 7.64. The van der Waals surface area contributed by atoms with Crippen molar-refractivity contribution >= 4 is 0 Å². The van der Waals surface area contributed by atoms with Crippen molar-refractivity contribution in [3.8, 4) is 0 Å². The fraction of sp³-hybridized carbons (Fsp3) is 0.400. The second-order valence-corrected chi connectivity index (χ2v) is 3.17. The van der Waals surface area contributed by atoms with Gasteiger partial charge in [-0.25, -0.2) is 0 Å². The number of aliphatic hydroxyl groups is 2. The van der Waals surface area contributed by atoms with E-state index in [1.165, 1.54) is 0 Å². The minimum absolute atomic E-state index is 0.000367. The fourth-order valence-corrected chi connectivity index (χ4v) is 1.18. The second kappa shape index (κ2) is 4.37. The molecule has 3 nitrogen and oxygen atoms in total. The molecule has 2 atom stereocenters. The van der Waals surface area contributed by atoms with Crippen molar-refractivity contribution in [3.05, 3.63) is 35.4 Å². The number of rotatable bonds is 3. The summed E-state index contributed by atoms with van der Waals surface area (Å²) in [5, 5.41) is 18.1. The molecule has 1 aromatic rings. The van der Waals surface area contributed by atoms with Gasteiger partial charge < -0.3 is 15.9 Å². The van der Waals surface area contributed by atoms with Crippen molar-refractivity contribution in [1.82, 2.24) is 0 Å². The molecular weight excluding hydrogens is 166 g/mol. The molecule has 0 saturated carbocycles. The quantitative estimate of drug-likeness (QED) is 0.638. The highest BCUT2D eigenvalue weighted by atomic mass is 16.3. The second-order valence-electron chi connectivity index (χ2n) is 3.17. The highest BCUT2D eigenvalue weighted by Gasteiger charge is 2.11. The summed E-state index contributed by atoms with van der Waals surface area (Å²) in [7, 11) is 0. The summed E-state index contributed by atoms with van der Waals surface area (Å²) in [6.07, 6.45) is -0.575. The van der Waals surface area contributed by atoms with Crippen LogP contribution in [0.5, 0.6) is 0 Å². The first kappa shape index (κ1) is 10.2. The van der Waals surface area contributed by atoms with Crippen molar-refractivity contribution < 1.29 is 10.2 Å². The van der Waals surface area contributed by atoms with E-state index in [4.69, 9.17) is 10.8 Å². The highest BCUT2D eigenvalue weighted by molar-refractivity contribution is 5.25. The van der Waals surface area contributed by atoms with Gasteiger partial charge in [0.15, 0.2) is 0 Å². The lowest BCUT2D eigenvalue weighted by molar-refractivity contribution is 0.164. The molecule has 0 spiro atoms. The van der Waals surface area contributed by atoms with E-state index in [-0.39, 0.29) is 12.6 Å². The van der Waals surface area contributed by atoms with Crippen LogP contribution in [-0.4, -0.2) is 16.3 Å². The van der Waals surface area contributed by atoms with E-state index >= 15 is 0 Å². The predicted molar refractivity (Wildman–Crippen MR) is 51.0 cm³/mol. The van der Waals surface area contributed by atoms with Gasteiger partial charge in [-0.1, -0.05) is 24.3 Å². The van der Waals surface area contributed by atoms with Gasteiger partial charge >= 0.3 is 0 Å². The van der Waals surface area contributed by atoms with E-state index in [0.717, 1.165) is 11.1 Å². The largest absolute Gasteiger partial charge is 0.392 e. The van der Waals surface area contributed by atoms with Gasteiger partial charge in [-0.3, -0.25) is 0 Å². The molecule has 0 amide bonds. The number of hydrogen-bond donors (Lipinski definition) is 3. The summed E-state index contributed by atoms with van der Waals surface area (Å²) in [5.74, 6) is 0. The molecular formula is C10H15NO2. The molecule has 0 heterocycles. The van der Waals surface area contributed by atoms with E-state index in [1.807, 2.05) is 18.2 Å². The van der Waals surface area contributed by atoms with Crippen molar-refractivity contribution in [2.45, 2.75) is 25.7 Å². The van der Waals surface area contributed by atoms with Gasteiger partial charge in [0, 0.05) is 0 Å². The first-order chi connectivity index (χ1) is 6.15. The third-order valence-electron chi connectivity index (χ3n) is 2.04. The first-order valence-corrected chi connectivity index (χ1v) is 4.28. The molecule has 72 valence electrons. The van der Waals surface area contributed by atoms with Crippen LogP contribution in [0.4, 0.5) is 0 Å². The lowest BCUT2D eigenvalue weighted by Gasteiger charge is -2.15. The molecule has 0 radical (unpaired) electrons. The molecule has 1 rings (SSSR count). The Morgan fingerprint density at radius 1 is 1.46 bits per heavy atom. The third kappa shape index (κ3) is 2.52. The zero-order chi connectivity index (χ0) is 9.84. The van der Waals surface area contributed by atoms with Gasteiger partial charge in [0.1, 0.15) is 0 Å². The predicted octanol–water partition coefficient (Wildman–Crippen LogP) is 0.560. The zero-order valence-corrected chi connectivity index (χ0v) is 7.64. The van der Waals surface area contributed by atoms with Crippen LogP contribution in [0.2, 0.25) is 0 Å². The van der Waals surface area contributed by atoms with Crippen LogP contribution in [0.1, 0.15) is 24.1 Å². The van der Waals surface area contributed by atoms with Crippen LogP contribution in [0.3, 0.4) is 0 Å². The summed E-state index contributed by atoms with van der Waals surface area (Å²) >= 11 is 0. The summed E-state index contributed by atoms with van der Waals surface area (Å²) in [4.78, 5) is 0. The Balaban J connectivity index is 2.88.